The van der Waals surface area contributed by atoms with E-state index in [0.29, 0.717) is 5.56 Å². The Bertz CT molecular complexity index is 606. The zero-order chi connectivity index (χ0) is 13.9. The fourth-order valence-electron chi connectivity index (χ4n) is 2.81. The largest absolute Gasteiger partial charge is 0.299 e. The Hall–Kier alpha value is -1.19. The number of hydrogen-bond donors (Lipinski definition) is 0. The Balaban J connectivity index is 1.96. The molecular weight excluding hydrogens is 317 g/mol. The van der Waals surface area contributed by atoms with E-state index in [1.165, 1.54) is 24.5 Å². The minimum atomic E-state index is -0.173. The first-order valence-corrected chi connectivity index (χ1v) is 7.79. The van der Waals surface area contributed by atoms with Crippen LogP contribution in [-0.2, 0) is 6.54 Å². The molecule has 0 bridgehead atoms. The molecule has 0 atom stereocenters. The quantitative estimate of drug-likeness (QED) is 0.775. The van der Waals surface area contributed by atoms with Gasteiger partial charge in [0, 0.05) is 16.6 Å². The normalized spacial score (nSPS) is 15.7. The number of benzene rings is 2. The molecule has 0 aliphatic carbocycles. The van der Waals surface area contributed by atoms with Gasteiger partial charge in [-0.1, -0.05) is 46.3 Å². The van der Waals surface area contributed by atoms with Gasteiger partial charge in [0.1, 0.15) is 5.82 Å². The van der Waals surface area contributed by atoms with E-state index in [-0.39, 0.29) is 5.82 Å². The van der Waals surface area contributed by atoms with Gasteiger partial charge in [0.15, 0.2) is 0 Å². The predicted octanol–water partition coefficient (Wildman–Crippen LogP) is 4.85. The Kier molecular flexibility index (Phi) is 4.18. The van der Waals surface area contributed by atoms with Crippen molar-refractivity contribution in [1.29, 1.82) is 0 Å². The number of hydrogen-bond acceptors (Lipinski definition) is 1. The van der Waals surface area contributed by atoms with Crippen molar-refractivity contribution in [3.63, 3.8) is 0 Å². The van der Waals surface area contributed by atoms with Crippen molar-refractivity contribution in [3.05, 3.63) is 58.3 Å². The highest BCUT2D eigenvalue weighted by Crippen LogP contribution is 2.29. The highest BCUT2D eigenvalue weighted by atomic mass is 79.9. The Morgan fingerprint density at radius 3 is 2.50 bits per heavy atom. The predicted molar refractivity (Wildman–Crippen MR) is 84.0 cm³/mol. The molecule has 1 heterocycles. The zero-order valence-electron chi connectivity index (χ0n) is 11.3. The van der Waals surface area contributed by atoms with E-state index in [9.17, 15) is 4.39 Å². The summed E-state index contributed by atoms with van der Waals surface area (Å²) in [6.45, 7) is 3.21. The van der Waals surface area contributed by atoms with Crippen molar-refractivity contribution in [1.82, 2.24) is 4.90 Å². The first-order valence-electron chi connectivity index (χ1n) is 7.00. The maximum atomic E-state index is 14.2. The molecule has 1 aliphatic rings. The third-order valence-corrected chi connectivity index (χ3v) is 4.32. The molecular formula is C17H17BrFN. The second-order valence-corrected chi connectivity index (χ2v) is 6.18. The summed E-state index contributed by atoms with van der Waals surface area (Å²) in [6, 6.07) is 13.4. The molecule has 3 rings (SSSR count). The standard InChI is InChI=1S/C17H17BrFN/c18-14-7-8-16(17(19)11-14)15-6-2-1-5-13(15)12-20-9-3-4-10-20/h1-2,5-8,11H,3-4,9-10,12H2. The van der Waals surface area contributed by atoms with Crippen LogP contribution in [0.3, 0.4) is 0 Å². The van der Waals surface area contributed by atoms with Crippen LogP contribution >= 0.6 is 15.9 Å². The van der Waals surface area contributed by atoms with E-state index in [2.05, 4.69) is 26.9 Å². The van der Waals surface area contributed by atoms with E-state index in [1.807, 2.05) is 30.3 Å². The summed E-state index contributed by atoms with van der Waals surface area (Å²) in [7, 11) is 0. The summed E-state index contributed by atoms with van der Waals surface area (Å²) < 4.78 is 15.0. The maximum absolute atomic E-state index is 14.2. The molecule has 1 nitrogen and oxygen atoms in total. The van der Waals surface area contributed by atoms with Crippen molar-refractivity contribution >= 4 is 15.9 Å². The summed E-state index contributed by atoms with van der Waals surface area (Å²) in [5, 5.41) is 0. The summed E-state index contributed by atoms with van der Waals surface area (Å²) >= 11 is 3.31. The molecule has 0 amide bonds. The van der Waals surface area contributed by atoms with Crippen LogP contribution in [0.2, 0.25) is 0 Å². The van der Waals surface area contributed by atoms with Crippen LogP contribution < -0.4 is 0 Å². The Morgan fingerprint density at radius 1 is 1.00 bits per heavy atom. The highest BCUT2D eigenvalue weighted by Gasteiger charge is 2.15. The molecule has 3 heteroatoms. The topological polar surface area (TPSA) is 3.24 Å². The van der Waals surface area contributed by atoms with Gasteiger partial charge in [-0.2, -0.15) is 0 Å². The zero-order valence-corrected chi connectivity index (χ0v) is 12.9. The van der Waals surface area contributed by atoms with Gasteiger partial charge < -0.3 is 0 Å². The van der Waals surface area contributed by atoms with Crippen molar-refractivity contribution in [2.45, 2.75) is 19.4 Å². The van der Waals surface area contributed by atoms with Crippen LogP contribution in [-0.4, -0.2) is 18.0 Å². The first-order chi connectivity index (χ1) is 9.74. The van der Waals surface area contributed by atoms with Gasteiger partial charge in [0.05, 0.1) is 0 Å². The van der Waals surface area contributed by atoms with Crippen LogP contribution in [0, 0.1) is 5.82 Å². The van der Waals surface area contributed by atoms with Gasteiger partial charge in [-0.15, -0.1) is 0 Å². The smallest absolute Gasteiger partial charge is 0.132 e. The van der Waals surface area contributed by atoms with Gasteiger partial charge in [-0.25, -0.2) is 4.39 Å². The van der Waals surface area contributed by atoms with Crippen LogP contribution in [0.25, 0.3) is 11.1 Å². The summed E-state index contributed by atoms with van der Waals surface area (Å²) in [6.07, 6.45) is 2.55. The molecule has 0 spiro atoms. The third kappa shape index (κ3) is 2.94. The van der Waals surface area contributed by atoms with E-state index in [4.69, 9.17) is 0 Å². The third-order valence-electron chi connectivity index (χ3n) is 3.83. The maximum Gasteiger partial charge on any atom is 0.132 e. The molecule has 0 N–H and O–H groups in total. The lowest BCUT2D eigenvalue weighted by atomic mass is 9.99. The number of nitrogens with zero attached hydrogens (tertiary/aromatic N) is 1. The fourth-order valence-corrected chi connectivity index (χ4v) is 3.14. The van der Waals surface area contributed by atoms with Crippen molar-refractivity contribution in [3.8, 4) is 11.1 Å². The molecule has 0 aromatic heterocycles. The van der Waals surface area contributed by atoms with E-state index in [0.717, 1.165) is 29.7 Å². The minimum absolute atomic E-state index is 0.173. The minimum Gasteiger partial charge on any atom is -0.299 e. The molecule has 1 fully saturated rings. The Morgan fingerprint density at radius 2 is 1.75 bits per heavy atom. The molecule has 1 saturated heterocycles. The summed E-state index contributed by atoms with van der Waals surface area (Å²) in [5.74, 6) is -0.173. The second kappa shape index (κ2) is 6.06. The van der Waals surface area contributed by atoms with Crippen molar-refractivity contribution < 1.29 is 4.39 Å². The van der Waals surface area contributed by atoms with E-state index in [1.54, 1.807) is 0 Å². The van der Waals surface area contributed by atoms with Crippen LogP contribution in [0.1, 0.15) is 18.4 Å². The number of halogens is 2. The molecule has 0 saturated carbocycles. The average molecular weight is 334 g/mol. The number of likely N-dealkylation sites (tertiary alicyclic amines) is 1. The second-order valence-electron chi connectivity index (χ2n) is 5.26. The van der Waals surface area contributed by atoms with Crippen molar-refractivity contribution in [2.24, 2.45) is 0 Å². The van der Waals surface area contributed by atoms with Crippen molar-refractivity contribution in [2.75, 3.05) is 13.1 Å². The lowest BCUT2D eigenvalue weighted by molar-refractivity contribution is 0.332. The van der Waals surface area contributed by atoms with Gasteiger partial charge in [0.2, 0.25) is 0 Å². The molecule has 2 aromatic rings. The van der Waals surface area contributed by atoms with Crippen LogP contribution in [0.4, 0.5) is 4.39 Å². The number of rotatable bonds is 3. The molecule has 0 radical (unpaired) electrons. The summed E-state index contributed by atoms with van der Waals surface area (Å²) in [5.41, 5.74) is 2.89. The fraction of sp³-hybridized carbons (Fsp3) is 0.294. The van der Waals surface area contributed by atoms with Gasteiger partial charge in [0.25, 0.3) is 0 Å². The molecule has 2 aromatic carbocycles. The lowest BCUT2D eigenvalue weighted by Crippen LogP contribution is -2.18. The molecule has 20 heavy (non-hydrogen) atoms. The molecule has 104 valence electrons. The van der Waals surface area contributed by atoms with Gasteiger partial charge in [-0.05, 0) is 49.2 Å². The first kappa shape index (κ1) is 13.8. The van der Waals surface area contributed by atoms with Gasteiger partial charge >= 0.3 is 0 Å². The van der Waals surface area contributed by atoms with E-state index < -0.39 is 0 Å². The lowest BCUT2D eigenvalue weighted by Gasteiger charge is -2.18. The monoisotopic (exact) mass is 333 g/mol. The molecule has 0 unspecified atom stereocenters. The average Bonchev–Trinajstić information content (AvgIpc) is 2.93. The van der Waals surface area contributed by atoms with Gasteiger partial charge in [-0.3, -0.25) is 4.90 Å². The molecule has 1 aliphatic heterocycles. The van der Waals surface area contributed by atoms with Crippen LogP contribution in [0.15, 0.2) is 46.9 Å². The highest BCUT2D eigenvalue weighted by molar-refractivity contribution is 9.10. The van der Waals surface area contributed by atoms with E-state index >= 15 is 0 Å². The SMILES string of the molecule is Fc1cc(Br)ccc1-c1ccccc1CN1CCCC1. The summed E-state index contributed by atoms with van der Waals surface area (Å²) in [4.78, 5) is 2.44. The Labute approximate surface area is 127 Å². The van der Waals surface area contributed by atoms with Crippen LogP contribution in [0.5, 0.6) is 0 Å².